The van der Waals surface area contributed by atoms with E-state index in [4.69, 9.17) is 4.74 Å². The molecule has 0 bridgehead atoms. The summed E-state index contributed by atoms with van der Waals surface area (Å²) >= 11 is 0. The van der Waals surface area contributed by atoms with Crippen molar-refractivity contribution in [3.63, 3.8) is 0 Å². The zero-order chi connectivity index (χ0) is 21.5. The van der Waals surface area contributed by atoms with Crippen molar-refractivity contribution in [2.45, 2.75) is 50.5 Å². The highest BCUT2D eigenvalue weighted by molar-refractivity contribution is 5.78. The first-order valence-electron chi connectivity index (χ1n) is 10.6. The van der Waals surface area contributed by atoms with E-state index in [1.54, 1.807) is 6.20 Å². The average Bonchev–Trinajstić information content (AvgIpc) is 3.29. The van der Waals surface area contributed by atoms with Gasteiger partial charge in [-0.2, -0.15) is 0 Å². The Hall–Kier alpha value is -3.10. The second kappa shape index (κ2) is 10.3. The second-order valence-corrected chi connectivity index (χ2v) is 7.75. The molecular formula is C23H27N5O3. The Labute approximate surface area is 181 Å². The SMILES string of the molecule is O=C(Cc1ccccn1)N[C@@H]1CC[C@@H](CCn2cc(-c3ccccc3)nn2)O[C@H]1CO. The molecule has 2 N–H and O–H groups in total. The van der Waals surface area contributed by atoms with E-state index in [0.29, 0.717) is 6.54 Å². The molecular weight excluding hydrogens is 394 g/mol. The Kier molecular flexibility index (Phi) is 7.01. The standard InChI is InChI=1S/C23H27N5O3/c29-16-22-20(25-23(30)14-18-8-4-5-12-24-18)10-9-19(31-22)11-13-28-15-21(26-27-28)17-6-2-1-3-7-17/h1-8,12,15,19-20,22,29H,9-11,13-14,16H2,(H,25,30)/t19-,20+,22-/m0/s1. The summed E-state index contributed by atoms with van der Waals surface area (Å²) in [7, 11) is 0. The summed E-state index contributed by atoms with van der Waals surface area (Å²) < 4.78 is 7.89. The molecule has 0 radical (unpaired) electrons. The van der Waals surface area contributed by atoms with Crippen molar-refractivity contribution in [3.8, 4) is 11.3 Å². The summed E-state index contributed by atoms with van der Waals surface area (Å²) in [6, 6.07) is 15.2. The molecule has 1 aliphatic heterocycles. The maximum atomic E-state index is 12.3. The van der Waals surface area contributed by atoms with E-state index in [1.807, 2.05) is 59.4 Å². The second-order valence-electron chi connectivity index (χ2n) is 7.75. The molecule has 1 fully saturated rings. The highest BCUT2D eigenvalue weighted by atomic mass is 16.5. The van der Waals surface area contributed by atoms with Gasteiger partial charge < -0.3 is 15.2 Å². The van der Waals surface area contributed by atoms with Gasteiger partial charge in [0.1, 0.15) is 11.8 Å². The van der Waals surface area contributed by atoms with Crippen molar-refractivity contribution >= 4 is 5.91 Å². The average molecular weight is 422 g/mol. The van der Waals surface area contributed by atoms with Gasteiger partial charge in [0, 0.05) is 24.0 Å². The fourth-order valence-electron chi connectivity index (χ4n) is 3.86. The molecule has 8 heteroatoms. The van der Waals surface area contributed by atoms with E-state index < -0.39 is 6.10 Å². The van der Waals surface area contributed by atoms with Crippen molar-refractivity contribution in [2.24, 2.45) is 0 Å². The van der Waals surface area contributed by atoms with E-state index in [9.17, 15) is 9.90 Å². The number of carbonyl (C=O) groups excluding carboxylic acids is 1. The van der Waals surface area contributed by atoms with Gasteiger partial charge in [0.25, 0.3) is 0 Å². The Morgan fingerprint density at radius 2 is 2.00 bits per heavy atom. The van der Waals surface area contributed by atoms with Crippen molar-refractivity contribution in [3.05, 3.63) is 66.6 Å². The van der Waals surface area contributed by atoms with Gasteiger partial charge in [0.2, 0.25) is 5.91 Å². The Morgan fingerprint density at radius 1 is 1.16 bits per heavy atom. The number of amides is 1. The molecule has 8 nitrogen and oxygen atoms in total. The molecule has 1 aliphatic rings. The molecule has 3 aromatic rings. The molecule has 31 heavy (non-hydrogen) atoms. The van der Waals surface area contributed by atoms with Crippen LogP contribution in [0.15, 0.2) is 60.9 Å². The molecule has 0 saturated carbocycles. The molecule has 1 aromatic carbocycles. The van der Waals surface area contributed by atoms with Gasteiger partial charge in [-0.25, -0.2) is 0 Å². The van der Waals surface area contributed by atoms with E-state index in [0.717, 1.165) is 36.2 Å². The van der Waals surface area contributed by atoms with Crippen LogP contribution in [0.5, 0.6) is 0 Å². The number of aryl methyl sites for hydroxylation is 1. The van der Waals surface area contributed by atoms with E-state index in [1.165, 1.54) is 0 Å². The monoisotopic (exact) mass is 421 g/mol. The third kappa shape index (κ3) is 5.74. The summed E-state index contributed by atoms with van der Waals surface area (Å²) in [5.74, 6) is -0.111. The van der Waals surface area contributed by atoms with Crippen molar-refractivity contribution < 1.29 is 14.6 Å². The number of ether oxygens (including phenoxy) is 1. The number of nitrogens with one attached hydrogen (secondary N) is 1. The van der Waals surface area contributed by atoms with Crippen LogP contribution in [0.3, 0.4) is 0 Å². The Bertz CT molecular complexity index is 964. The zero-order valence-electron chi connectivity index (χ0n) is 17.3. The summed E-state index contributed by atoms with van der Waals surface area (Å²) in [4.78, 5) is 16.5. The molecule has 2 aromatic heterocycles. The number of benzene rings is 1. The highest BCUT2D eigenvalue weighted by Crippen LogP contribution is 2.23. The van der Waals surface area contributed by atoms with Gasteiger partial charge in [0.05, 0.1) is 31.4 Å². The molecule has 162 valence electrons. The van der Waals surface area contributed by atoms with Crippen LogP contribution in [0, 0.1) is 0 Å². The lowest BCUT2D eigenvalue weighted by Crippen LogP contribution is -2.51. The highest BCUT2D eigenvalue weighted by Gasteiger charge is 2.31. The predicted octanol–water partition coefficient (Wildman–Crippen LogP) is 2.00. The quantitative estimate of drug-likeness (QED) is 0.577. The fraction of sp³-hybridized carbons (Fsp3) is 0.391. The van der Waals surface area contributed by atoms with Gasteiger partial charge >= 0.3 is 0 Å². The molecule has 1 amide bonds. The molecule has 1 saturated heterocycles. The first-order valence-corrected chi connectivity index (χ1v) is 10.6. The summed E-state index contributed by atoms with van der Waals surface area (Å²) in [6.07, 6.45) is 5.75. The number of hydrogen-bond donors (Lipinski definition) is 2. The minimum Gasteiger partial charge on any atom is -0.394 e. The number of carbonyl (C=O) groups is 1. The van der Waals surface area contributed by atoms with Crippen molar-refractivity contribution in [1.82, 2.24) is 25.3 Å². The van der Waals surface area contributed by atoms with Crippen LogP contribution in [-0.2, 0) is 22.5 Å². The topological polar surface area (TPSA) is 102 Å². The smallest absolute Gasteiger partial charge is 0.226 e. The van der Waals surface area contributed by atoms with Crippen LogP contribution < -0.4 is 5.32 Å². The van der Waals surface area contributed by atoms with E-state index in [2.05, 4.69) is 20.6 Å². The number of rotatable bonds is 8. The molecule has 4 rings (SSSR count). The molecule has 3 atom stereocenters. The minimum absolute atomic E-state index is 0.00506. The minimum atomic E-state index is -0.415. The van der Waals surface area contributed by atoms with Gasteiger partial charge in [-0.3, -0.25) is 14.5 Å². The largest absolute Gasteiger partial charge is 0.394 e. The Morgan fingerprint density at radius 3 is 2.77 bits per heavy atom. The number of aliphatic hydroxyl groups is 1. The maximum Gasteiger partial charge on any atom is 0.226 e. The number of hydrogen-bond acceptors (Lipinski definition) is 6. The lowest BCUT2D eigenvalue weighted by molar-refractivity contribution is -0.128. The van der Waals surface area contributed by atoms with Crippen LogP contribution in [0.2, 0.25) is 0 Å². The van der Waals surface area contributed by atoms with Crippen LogP contribution in [0.25, 0.3) is 11.3 Å². The van der Waals surface area contributed by atoms with E-state index >= 15 is 0 Å². The summed E-state index contributed by atoms with van der Waals surface area (Å²) in [5.41, 5.74) is 2.60. The number of aromatic nitrogens is 4. The molecule has 0 unspecified atom stereocenters. The van der Waals surface area contributed by atoms with Crippen LogP contribution in [0.4, 0.5) is 0 Å². The fourth-order valence-corrected chi connectivity index (χ4v) is 3.86. The first-order chi connectivity index (χ1) is 15.2. The summed E-state index contributed by atoms with van der Waals surface area (Å²) in [5, 5.41) is 21.2. The summed E-state index contributed by atoms with van der Waals surface area (Å²) in [6.45, 7) is 0.547. The third-order valence-electron chi connectivity index (χ3n) is 5.50. The molecule has 0 spiro atoms. The number of nitrogens with zero attached hydrogens (tertiary/aromatic N) is 4. The van der Waals surface area contributed by atoms with E-state index in [-0.39, 0.29) is 31.1 Å². The Balaban J connectivity index is 1.26. The van der Waals surface area contributed by atoms with Gasteiger partial charge in [-0.05, 0) is 31.4 Å². The molecule has 0 aliphatic carbocycles. The van der Waals surface area contributed by atoms with Crippen molar-refractivity contribution in [1.29, 1.82) is 0 Å². The van der Waals surface area contributed by atoms with Gasteiger partial charge in [-0.15, -0.1) is 5.10 Å². The third-order valence-corrected chi connectivity index (χ3v) is 5.50. The predicted molar refractivity (Wildman–Crippen MR) is 115 cm³/mol. The maximum absolute atomic E-state index is 12.3. The van der Waals surface area contributed by atoms with Gasteiger partial charge in [-0.1, -0.05) is 41.6 Å². The van der Waals surface area contributed by atoms with Gasteiger partial charge in [0.15, 0.2) is 0 Å². The normalized spacial score (nSPS) is 21.0. The lowest BCUT2D eigenvalue weighted by atomic mass is 9.97. The van der Waals surface area contributed by atoms with Crippen LogP contribution >= 0.6 is 0 Å². The first kappa shape index (κ1) is 21.1. The zero-order valence-corrected chi connectivity index (χ0v) is 17.3. The lowest BCUT2D eigenvalue weighted by Gasteiger charge is -2.36. The van der Waals surface area contributed by atoms with Crippen LogP contribution in [0.1, 0.15) is 25.0 Å². The number of pyridine rings is 1. The molecule has 3 heterocycles. The van der Waals surface area contributed by atoms with Crippen molar-refractivity contribution in [2.75, 3.05) is 6.61 Å². The number of aliphatic hydroxyl groups excluding tert-OH is 1. The van der Waals surface area contributed by atoms with Crippen LogP contribution in [-0.4, -0.2) is 55.8 Å².